The highest BCUT2D eigenvalue weighted by molar-refractivity contribution is 7.78. The summed E-state index contributed by atoms with van der Waals surface area (Å²) in [7, 11) is 1.72. The predicted molar refractivity (Wildman–Crippen MR) is 106 cm³/mol. The molecule has 1 aromatic heterocycles. The van der Waals surface area contributed by atoms with E-state index in [1.165, 1.54) is 11.3 Å². The van der Waals surface area contributed by atoms with Gasteiger partial charge in [-0.3, -0.25) is 0 Å². The zero-order valence-electron chi connectivity index (χ0n) is 15.0. The molecule has 3 rings (SSSR count). The van der Waals surface area contributed by atoms with Gasteiger partial charge in [-0.2, -0.15) is 0 Å². The van der Waals surface area contributed by atoms with Crippen LogP contribution in [0.2, 0.25) is 0 Å². The van der Waals surface area contributed by atoms with E-state index in [4.69, 9.17) is 9.29 Å². The minimum absolute atomic E-state index is 0.151. The number of aromatic nitrogens is 1. The van der Waals surface area contributed by atoms with Crippen LogP contribution in [0.15, 0.2) is 60.7 Å². The van der Waals surface area contributed by atoms with Crippen molar-refractivity contribution in [3.05, 3.63) is 77.5 Å². The van der Waals surface area contributed by atoms with E-state index in [2.05, 4.69) is 29.7 Å². The molecule has 5 heteroatoms. The summed E-state index contributed by atoms with van der Waals surface area (Å²) in [6, 6.07) is 20.3. The van der Waals surface area contributed by atoms with Crippen molar-refractivity contribution in [3.63, 3.8) is 0 Å². The first kappa shape index (κ1) is 18.6. The van der Waals surface area contributed by atoms with Crippen LogP contribution in [0.1, 0.15) is 16.8 Å². The van der Waals surface area contributed by atoms with E-state index < -0.39 is 11.1 Å². The molecule has 4 nitrogen and oxygen atoms in total. The molecule has 1 unspecified atom stereocenters. The molecular weight excluding hydrogens is 346 g/mol. The molecule has 3 aromatic rings. The van der Waals surface area contributed by atoms with E-state index in [1.807, 2.05) is 42.5 Å². The average Bonchev–Trinajstić information content (AvgIpc) is 2.97. The fourth-order valence-electron chi connectivity index (χ4n) is 3.16. The molecule has 0 aliphatic rings. The molecule has 136 valence electrons. The standard InChI is InChI=1S/C21H23NO3S/c1-16-19(12-13-25-2)14-21(22(16)20-6-4-3-5-7-20)18-10-8-17(9-11-18)15-26(23)24/h3-11,14H,12-13,15H2,1-2H3,(H,23,24). The topological polar surface area (TPSA) is 51.5 Å². The smallest absolute Gasteiger partial charge is 0.157 e. The van der Waals surface area contributed by atoms with E-state index >= 15 is 0 Å². The van der Waals surface area contributed by atoms with Gasteiger partial charge in [-0.15, -0.1) is 0 Å². The summed E-state index contributed by atoms with van der Waals surface area (Å²) >= 11 is -1.82. The van der Waals surface area contributed by atoms with Crippen LogP contribution in [-0.2, 0) is 28.0 Å². The fraction of sp³-hybridized carbons (Fsp3) is 0.238. The van der Waals surface area contributed by atoms with Crippen molar-refractivity contribution in [1.82, 2.24) is 4.57 Å². The van der Waals surface area contributed by atoms with Gasteiger partial charge in [0, 0.05) is 18.5 Å². The van der Waals surface area contributed by atoms with Gasteiger partial charge in [-0.25, -0.2) is 4.21 Å². The van der Waals surface area contributed by atoms with Crippen molar-refractivity contribution < 1.29 is 13.5 Å². The second kappa shape index (κ2) is 8.45. The molecule has 0 saturated heterocycles. The van der Waals surface area contributed by atoms with Crippen LogP contribution in [0, 0.1) is 6.92 Å². The van der Waals surface area contributed by atoms with E-state index in [0.29, 0.717) is 6.61 Å². The van der Waals surface area contributed by atoms with Crippen molar-refractivity contribution in [3.8, 4) is 16.9 Å². The minimum atomic E-state index is -1.82. The predicted octanol–water partition coefficient (Wildman–Crippen LogP) is 4.36. The SMILES string of the molecule is COCCc1cc(-c2ccc(CS(=O)O)cc2)n(-c2ccccc2)c1C. The molecule has 1 N–H and O–H groups in total. The second-order valence-corrected chi connectivity index (χ2v) is 7.15. The fourth-order valence-corrected chi connectivity index (χ4v) is 3.64. The molecule has 0 amide bonds. The maximum atomic E-state index is 11.0. The summed E-state index contributed by atoms with van der Waals surface area (Å²) in [4.78, 5) is 0. The molecule has 0 radical (unpaired) electrons. The summed E-state index contributed by atoms with van der Waals surface area (Å²) < 4.78 is 27.6. The van der Waals surface area contributed by atoms with E-state index in [9.17, 15) is 4.21 Å². The van der Waals surface area contributed by atoms with Gasteiger partial charge in [0.2, 0.25) is 0 Å². The second-order valence-electron chi connectivity index (χ2n) is 6.22. The lowest BCUT2D eigenvalue weighted by molar-refractivity contribution is 0.202. The molecule has 1 heterocycles. The van der Waals surface area contributed by atoms with Crippen LogP contribution in [0.3, 0.4) is 0 Å². The summed E-state index contributed by atoms with van der Waals surface area (Å²) in [5, 5.41) is 0. The minimum Gasteiger partial charge on any atom is -0.384 e. The van der Waals surface area contributed by atoms with Crippen molar-refractivity contribution >= 4 is 11.1 Å². The highest BCUT2D eigenvalue weighted by atomic mass is 32.2. The van der Waals surface area contributed by atoms with E-state index in [1.54, 1.807) is 7.11 Å². The van der Waals surface area contributed by atoms with Gasteiger partial charge in [-0.1, -0.05) is 42.5 Å². The number of hydrogen-bond donors (Lipinski definition) is 1. The van der Waals surface area contributed by atoms with Gasteiger partial charge in [0.1, 0.15) is 0 Å². The van der Waals surface area contributed by atoms with Crippen LogP contribution < -0.4 is 0 Å². The van der Waals surface area contributed by atoms with Crippen molar-refractivity contribution in [1.29, 1.82) is 0 Å². The van der Waals surface area contributed by atoms with Gasteiger partial charge in [0.05, 0.1) is 18.1 Å². The Bertz CT molecular complexity index is 886. The first-order valence-corrected chi connectivity index (χ1v) is 9.80. The summed E-state index contributed by atoms with van der Waals surface area (Å²) in [5.74, 6) is 0.151. The Kier molecular flexibility index (Phi) is 6.04. The highest BCUT2D eigenvalue weighted by Crippen LogP contribution is 2.30. The van der Waals surface area contributed by atoms with Gasteiger partial charge in [0.25, 0.3) is 0 Å². The number of methoxy groups -OCH3 is 1. The third-order valence-corrected chi connectivity index (χ3v) is 5.06. The molecule has 1 atom stereocenters. The first-order valence-electron chi connectivity index (χ1n) is 8.52. The Morgan fingerprint density at radius 3 is 2.38 bits per heavy atom. The Balaban J connectivity index is 2.06. The van der Waals surface area contributed by atoms with Crippen LogP contribution in [0.25, 0.3) is 16.9 Å². The normalized spacial score (nSPS) is 12.3. The van der Waals surface area contributed by atoms with Crippen LogP contribution in [0.4, 0.5) is 0 Å². The Morgan fingerprint density at radius 1 is 1.08 bits per heavy atom. The lowest BCUT2D eigenvalue weighted by Gasteiger charge is -2.13. The summed E-state index contributed by atoms with van der Waals surface area (Å²) in [6.07, 6.45) is 0.858. The summed E-state index contributed by atoms with van der Waals surface area (Å²) in [5.41, 5.74) is 6.60. The molecule has 2 aromatic carbocycles. The van der Waals surface area contributed by atoms with Gasteiger partial charge in [0.15, 0.2) is 11.1 Å². The van der Waals surface area contributed by atoms with Crippen LogP contribution in [0.5, 0.6) is 0 Å². The van der Waals surface area contributed by atoms with E-state index in [0.717, 1.165) is 28.9 Å². The third kappa shape index (κ3) is 4.12. The van der Waals surface area contributed by atoms with Crippen LogP contribution >= 0.6 is 0 Å². The maximum absolute atomic E-state index is 11.0. The average molecular weight is 369 g/mol. The summed E-state index contributed by atoms with van der Waals surface area (Å²) in [6.45, 7) is 2.81. The van der Waals surface area contributed by atoms with Gasteiger partial charge in [-0.05, 0) is 48.2 Å². The van der Waals surface area contributed by atoms with Crippen molar-refractivity contribution in [2.24, 2.45) is 0 Å². The molecule has 0 bridgehead atoms. The lowest BCUT2D eigenvalue weighted by atomic mass is 10.1. The zero-order valence-corrected chi connectivity index (χ0v) is 15.8. The Labute approximate surface area is 156 Å². The number of rotatable bonds is 7. The number of nitrogens with zero attached hydrogens (tertiary/aromatic N) is 1. The molecule has 0 fully saturated rings. The lowest BCUT2D eigenvalue weighted by Crippen LogP contribution is -2.01. The molecule has 26 heavy (non-hydrogen) atoms. The van der Waals surface area contributed by atoms with E-state index in [-0.39, 0.29) is 5.75 Å². The van der Waals surface area contributed by atoms with Gasteiger partial charge >= 0.3 is 0 Å². The Hall–Kier alpha value is -2.21. The first-order chi connectivity index (χ1) is 12.6. The monoisotopic (exact) mass is 369 g/mol. The molecule has 0 spiro atoms. The molecule has 0 saturated carbocycles. The number of ether oxygens (including phenoxy) is 1. The van der Waals surface area contributed by atoms with Crippen molar-refractivity contribution in [2.75, 3.05) is 13.7 Å². The maximum Gasteiger partial charge on any atom is 0.157 e. The highest BCUT2D eigenvalue weighted by Gasteiger charge is 2.15. The number of para-hydroxylation sites is 1. The van der Waals surface area contributed by atoms with Crippen molar-refractivity contribution in [2.45, 2.75) is 19.1 Å². The molecular formula is C21H23NO3S. The Morgan fingerprint density at radius 2 is 1.77 bits per heavy atom. The third-order valence-electron chi connectivity index (χ3n) is 4.48. The number of benzene rings is 2. The number of hydrogen-bond acceptors (Lipinski definition) is 2. The molecule has 0 aliphatic carbocycles. The zero-order chi connectivity index (χ0) is 18.5. The molecule has 0 aliphatic heterocycles. The van der Waals surface area contributed by atoms with Gasteiger partial charge < -0.3 is 13.9 Å². The van der Waals surface area contributed by atoms with Crippen LogP contribution in [-0.4, -0.2) is 27.0 Å². The quantitative estimate of drug-likeness (QED) is 0.630. The largest absolute Gasteiger partial charge is 0.384 e.